The fourth-order valence-electron chi connectivity index (χ4n) is 3.88. The first-order valence-corrected chi connectivity index (χ1v) is 8.82. The molecule has 0 radical (unpaired) electrons. The predicted octanol–water partition coefficient (Wildman–Crippen LogP) is 2.13. The second-order valence-corrected chi connectivity index (χ2v) is 7.08. The Kier molecular flexibility index (Phi) is 5.06. The van der Waals surface area contributed by atoms with Crippen LogP contribution in [0.25, 0.3) is 0 Å². The van der Waals surface area contributed by atoms with E-state index in [2.05, 4.69) is 0 Å². The summed E-state index contributed by atoms with van der Waals surface area (Å²) in [5, 5.41) is 8.93. The summed E-state index contributed by atoms with van der Waals surface area (Å²) in [6, 6.07) is 6.84. The molecular weight excluding hydrogens is 320 g/mol. The Hall–Kier alpha value is -2.37. The van der Waals surface area contributed by atoms with E-state index >= 15 is 0 Å². The molecule has 2 fully saturated rings. The number of amides is 2. The Morgan fingerprint density at radius 3 is 2.44 bits per heavy atom. The molecule has 0 spiro atoms. The minimum absolute atomic E-state index is 0.0174. The number of nitrogens with zero attached hydrogens (tertiary/aromatic N) is 2. The number of hydrogen-bond donors (Lipinski definition) is 1. The number of hydrogen-bond acceptors (Lipinski definition) is 3. The molecule has 3 rings (SSSR count). The molecule has 1 saturated heterocycles. The monoisotopic (exact) mass is 344 g/mol. The predicted molar refractivity (Wildman–Crippen MR) is 92.0 cm³/mol. The third-order valence-corrected chi connectivity index (χ3v) is 5.27. The normalized spacial score (nSPS) is 20.9. The molecule has 6 heteroatoms. The van der Waals surface area contributed by atoms with Crippen LogP contribution in [0.4, 0.5) is 0 Å². The Morgan fingerprint density at radius 2 is 1.84 bits per heavy atom. The second-order valence-electron chi connectivity index (χ2n) is 7.08. The molecule has 1 saturated carbocycles. The highest BCUT2D eigenvalue weighted by Gasteiger charge is 2.39. The lowest BCUT2D eigenvalue weighted by molar-refractivity contribution is -0.135. The minimum atomic E-state index is -0.965. The number of carboxylic acids is 1. The molecule has 1 atom stereocenters. The smallest absolute Gasteiger partial charge is 0.335 e. The molecule has 0 bridgehead atoms. The Bertz CT molecular complexity index is 665. The molecule has 1 aromatic carbocycles. The van der Waals surface area contributed by atoms with Gasteiger partial charge in [-0.1, -0.05) is 25.0 Å². The van der Waals surface area contributed by atoms with Gasteiger partial charge >= 0.3 is 5.97 Å². The highest BCUT2D eigenvalue weighted by atomic mass is 16.4. The lowest BCUT2D eigenvalue weighted by atomic mass is 10.1. The largest absolute Gasteiger partial charge is 0.478 e. The molecule has 2 amide bonds. The number of benzene rings is 1. The Morgan fingerprint density at radius 1 is 1.20 bits per heavy atom. The van der Waals surface area contributed by atoms with Crippen LogP contribution in [-0.4, -0.2) is 52.3 Å². The molecule has 1 heterocycles. The van der Waals surface area contributed by atoms with Gasteiger partial charge in [0, 0.05) is 32.6 Å². The van der Waals surface area contributed by atoms with Crippen molar-refractivity contribution in [3.05, 3.63) is 35.4 Å². The maximum atomic E-state index is 12.7. The summed E-state index contributed by atoms with van der Waals surface area (Å²) in [5.74, 6) is -1.15. The summed E-state index contributed by atoms with van der Waals surface area (Å²) < 4.78 is 0. The number of aromatic carboxylic acids is 1. The van der Waals surface area contributed by atoms with Crippen molar-refractivity contribution in [1.82, 2.24) is 9.80 Å². The van der Waals surface area contributed by atoms with Crippen LogP contribution in [0.3, 0.4) is 0 Å². The maximum absolute atomic E-state index is 12.7. The average molecular weight is 344 g/mol. The molecule has 0 unspecified atom stereocenters. The van der Waals surface area contributed by atoms with Gasteiger partial charge in [-0.2, -0.15) is 0 Å². The van der Waals surface area contributed by atoms with Crippen LogP contribution < -0.4 is 0 Å². The zero-order valence-electron chi connectivity index (χ0n) is 14.5. The van der Waals surface area contributed by atoms with Crippen LogP contribution >= 0.6 is 0 Å². The van der Waals surface area contributed by atoms with Gasteiger partial charge in [0.15, 0.2) is 0 Å². The van der Waals surface area contributed by atoms with Crippen molar-refractivity contribution in [2.24, 2.45) is 5.92 Å². The number of carboxylic acid groups (broad SMARTS) is 1. The van der Waals surface area contributed by atoms with Crippen molar-refractivity contribution in [3.63, 3.8) is 0 Å². The summed E-state index contributed by atoms with van der Waals surface area (Å²) in [4.78, 5) is 39.4. The van der Waals surface area contributed by atoms with Crippen LogP contribution in [0, 0.1) is 5.92 Å². The standard InChI is InChI=1S/C19H24N2O4/c1-20(11-13-6-8-14(9-7-13)19(24)25)18(23)15-10-17(22)21(12-15)16-4-2-3-5-16/h6-9,15-16H,2-5,10-12H2,1H3,(H,24,25)/t15-/m0/s1. The van der Waals surface area contributed by atoms with Crippen molar-refractivity contribution in [3.8, 4) is 0 Å². The molecular formula is C19H24N2O4. The SMILES string of the molecule is CN(Cc1ccc(C(=O)O)cc1)C(=O)[C@H]1CC(=O)N(C2CCCC2)C1. The molecule has 2 aliphatic rings. The molecule has 25 heavy (non-hydrogen) atoms. The van der Waals surface area contributed by atoms with Crippen LogP contribution in [0.2, 0.25) is 0 Å². The minimum Gasteiger partial charge on any atom is -0.478 e. The zero-order chi connectivity index (χ0) is 18.0. The summed E-state index contributed by atoms with van der Waals surface area (Å²) in [5.41, 5.74) is 1.10. The van der Waals surface area contributed by atoms with Gasteiger partial charge in [0.25, 0.3) is 0 Å². The summed E-state index contributed by atoms with van der Waals surface area (Å²) >= 11 is 0. The zero-order valence-corrected chi connectivity index (χ0v) is 14.5. The van der Waals surface area contributed by atoms with E-state index in [4.69, 9.17) is 5.11 Å². The molecule has 0 aromatic heterocycles. The van der Waals surface area contributed by atoms with Gasteiger partial charge in [0.1, 0.15) is 0 Å². The van der Waals surface area contributed by atoms with Crippen LogP contribution in [-0.2, 0) is 16.1 Å². The lowest BCUT2D eigenvalue weighted by Crippen LogP contribution is -2.37. The number of likely N-dealkylation sites (tertiary alicyclic amines) is 1. The van der Waals surface area contributed by atoms with Gasteiger partial charge in [-0.3, -0.25) is 9.59 Å². The van der Waals surface area contributed by atoms with E-state index in [-0.39, 0.29) is 23.3 Å². The third kappa shape index (κ3) is 3.83. The quantitative estimate of drug-likeness (QED) is 0.888. The van der Waals surface area contributed by atoms with Gasteiger partial charge in [-0.25, -0.2) is 4.79 Å². The van der Waals surface area contributed by atoms with Gasteiger partial charge in [-0.05, 0) is 30.5 Å². The maximum Gasteiger partial charge on any atom is 0.335 e. The molecule has 1 aliphatic carbocycles. The fraction of sp³-hybridized carbons (Fsp3) is 0.526. The van der Waals surface area contributed by atoms with Crippen LogP contribution in [0.1, 0.15) is 48.0 Å². The molecule has 134 valence electrons. The highest BCUT2D eigenvalue weighted by Crippen LogP contribution is 2.30. The van der Waals surface area contributed by atoms with E-state index in [0.717, 1.165) is 18.4 Å². The summed E-state index contributed by atoms with van der Waals surface area (Å²) in [7, 11) is 1.73. The number of carbonyl (C=O) groups is 3. The van der Waals surface area contributed by atoms with E-state index in [1.54, 1.807) is 24.1 Å². The van der Waals surface area contributed by atoms with Crippen molar-refractivity contribution < 1.29 is 19.5 Å². The van der Waals surface area contributed by atoms with Crippen molar-refractivity contribution >= 4 is 17.8 Å². The number of rotatable bonds is 5. The van der Waals surface area contributed by atoms with Crippen molar-refractivity contribution in [1.29, 1.82) is 0 Å². The fourth-order valence-corrected chi connectivity index (χ4v) is 3.88. The molecule has 1 N–H and O–H groups in total. The molecule has 1 aliphatic heterocycles. The topological polar surface area (TPSA) is 77.9 Å². The average Bonchev–Trinajstić information content (AvgIpc) is 3.23. The van der Waals surface area contributed by atoms with Gasteiger partial charge in [0.05, 0.1) is 11.5 Å². The first-order valence-electron chi connectivity index (χ1n) is 8.82. The van der Waals surface area contributed by atoms with Crippen LogP contribution in [0.15, 0.2) is 24.3 Å². The van der Waals surface area contributed by atoms with Gasteiger partial charge < -0.3 is 14.9 Å². The van der Waals surface area contributed by atoms with Gasteiger partial charge in [-0.15, -0.1) is 0 Å². The third-order valence-electron chi connectivity index (χ3n) is 5.27. The van der Waals surface area contributed by atoms with E-state index in [1.807, 2.05) is 4.90 Å². The van der Waals surface area contributed by atoms with Gasteiger partial charge in [0.2, 0.25) is 11.8 Å². The highest BCUT2D eigenvalue weighted by molar-refractivity contribution is 5.89. The number of carbonyl (C=O) groups excluding carboxylic acids is 2. The molecule has 6 nitrogen and oxygen atoms in total. The first kappa shape index (κ1) is 17.5. The van der Waals surface area contributed by atoms with Crippen molar-refractivity contribution in [2.45, 2.75) is 44.7 Å². The second kappa shape index (κ2) is 7.25. The van der Waals surface area contributed by atoms with E-state index in [0.29, 0.717) is 25.6 Å². The summed E-state index contributed by atoms with van der Waals surface area (Å²) in [6.07, 6.45) is 4.74. The Labute approximate surface area is 147 Å². The van der Waals surface area contributed by atoms with E-state index < -0.39 is 5.97 Å². The van der Waals surface area contributed by atoms with E-state index in [1.165, 1.54) is 25.0 Å². The van der Waals surface area contributed by atoms with E-state index in [9.17, 15) is 14.4 Å². The summed E-state index contributed by atoms with van der Waals surface area (Å²) in [6.45, 7) is 0.942. The lowest BCUT2D eigenvalue weighted by Gasteiger charge is -2.25. The first-order chi connectivity index (χ1) is 12.0. The van der Waals surface area contributed by atoms with Crippen molar-refractivity contribution in [2.75, 3.05) is 13.6 Å². The van der Waals surface area contributed by atoms with Crippen LogP contribution in [0.5, 0.6) is 0 Å². The Balaban J connectivity index is 1.58. The molecule has 1 aromatic rings.